The van der Waals surface area contributed by atoms with E-state index in [0.29, 0.717) is 0 Å². The maximum absolute atomic E-state index is 3.82. The van der Waals surface area contributed by atoms with Gasteiger partial charge in [-0.05, 0) is 60.3 Å². The molecule has 3 aliphatic heterocycles. The first-order valence-corrected chi connectivity index (χ1v) is 9.77. The molecule has 23 heavy (non-hydrogen) atoms. The molecule has 3 fully saturated rings. The zero-order valence-electron chi connectivity index (χ0n) is 16.0. The first kappa shape index (κ1) is 17.7. The average Bonchev–Trinajstić information content (AvgIpc) is 2.73. The van der Waals surface area contributed by atoms with Crippen LogP contribution in [-0.2, 0) is 0 Å². The molecule has 0 radical (unpaired) electrons. The van der Waals surface area contributed by atoms with Crippen molar-refractivity contribution >= 4 is 0 Å². The highest BCUT2D eigenvalue weighted by atomic mass is 15.3. The lowest BCUT2D eigenvalue weighted by Crippen LogP contribution is -2.63. The van der Waals surface area contributed by atoms with E-state index in [0.717, 1.165) is 24.7 Å². The Morgan fingerprint density at radius 2 is 1.83 bits per heavy atom. The van der Waals surface area contributed by atoms with E-state index in [1.807, 2.05) is 0 Å². The fraction of sp³-hybridized carbons (Fsp3) is 1.00. The highest BCUT2D eigenvalue weighted by molar-refractivity contribution is 4.99. The summed E-state index contributed by atoms with van der Waals surface area (Å²) in [5.74, 6) is 0. The molecule has 3 rings (SSSR count). The van der Waals surface area contributed by atoms with Crippen molar-refractivity contribution in [3.8, 4) is 0 Å². The maximum Gasteiger partial charge on any atom is 0.0281 e. The Bertz CT molecular complexity index is 389. The minimum Gasteiger partial charge on any atom is -0.314 e. The van der Waals surface area contributed by atoms with Gasteiger partial charge in [0.2, 0.25) is 0 Å². The molecular weight excluding hydrogens is 284 g/mol. The van der Waals surface area contributed by atoms with Gasteiger partial charge in [-0.3, -0.25) is 9.80 Å². The van der Waals surface area contributed by atoms with Crippen molar-refractivity contribution in [1.29, 1.82) is 0 Å². The fourth-order valence-electron chi connectivity index (χ4n) is 5.00. The maximum atomic E-state index is 3.82. The zero-order chi connectivity index (χ0) is 16.7. The third-order valence-corrected chi connectivity index (χ3v) is 6.48. The lowest BCUT2D eigenvalue weighted by Gasteiger charge is -2.48. The van der Waals surface area contributed by atoms with Gasteiger partial charge >= 0.3 is 0 Å². The van der Waals surface area contributed by atoms with Gasteiger partial charge in [-0.15, -0.1) is 0 Å². The van der Waals surface area contributed by atoms with Crippen LogP contribution in [0.4, 0.5) is 0 Å². The Kier molecular flexibility index (Phi) is 5.09. The van der Waals surface area contributed by atoms with Gasteiger partial charge in [0.15, 0.2) is 0 Å². The van der Waals surface area contributed by atoms with E-state index in [9.17, 15) is 0 Å². The zero-order valence-corrected chi connectivity index (χ0v) is 16.0. The van der Waals surface area contributed by atoms with Crippen LogP contribution in [0.2, 0.25) is 0 Å². The summed E-state index contributed by atoms with van der Waals surface area (Å²) in [4.78, 5) is 5.49. The first-order valence-electron chi connectivity index (χ1n) is 9.77. The van der Waals surface area contributed by atoms with Crippen molar-refractivity contribution in [2.75, 3.05) is 32.7 Å². The summed E-state index contributed by atoms with van der Waals surface area (Å²) in [6.07, 6.45) is 5.39. The van der Waals surface area contributed by atoms with Crippen molar-refractivity contribution in [3.05, 3.63) is 0 Å². The molecule has 3 aliphatic rings. The second kappa shape index (κ2) is 6.62. The summed E-state index contributed by atoms with van der Waals surface area (Å²) in [5.41, 5.74) is 0.555. The summed E-state index contributed by atoms with van der Waals surface area (Å²) in [6, 6.07) is 2.31. The predicted molar refractivity (Wildman–Crippen MR) is 97.9 cm³/mol. The van der Waals surface area contributed by atoms with Crippen LogP contribution in [-0.4, -0.2) is 71.7 Å². The molecule has 0 aromatic rings. The van der Waals surface area contributed by atoms with Gasteiger partial charge in [-0.25, -0.2) is 0 Å². The van der Waals surface area contributed by atoms with Crippen LogP contribution in [0.5, 0.6) is 0 Å². The monoisotopic (exact) mass is 322 g/mol. The van der Waals surface area contributed by atoms with Gasteiger partial charge in [0, 0.05) is 61.9 Å². The molecule has 2 bridgehead atoms. The Morgan fingerprint density at radius 3 is 2.43 bits per heavy atom. The van der Waals surface area contributed by atoms with E-state index >= 15 is 0 Å². The molecule has 134 valence electrons. The van der Waals surface area contributed by atoms with Crippen LogP contribution >= 0.6 is 0 Å². The topological polar surface area (TPSA) is 30.5 Å². The molecule has 0 aromatic carbocycles. The normalized spacial score (nSPS) is 38.0. The predicted octanol–water partition coefficient (Wildman–Crippen LogP) is 2.05. The number of nitrogens with one attached hydrogen (secondary N) is 2. The molecule has 2 N–H and O–H groups in total. The van der Waals surface area contributed by atoms with E-state index in [1.165, 1.54) is 51.9 Å². The number of fused-ring (bicyclic) bond motifs is 2. The van der Waals surface area contributed by atoms with Crippen molar-refractivity contribution < 1.29 is 0 Å². The summed E-state index contributed by atoms with van der Waals surface area (Å²) in [6.45, 7) is 17.8. The lowest BCUT2D eigenvalue weighted by molar-refractivity contribution is 0.0480. The van der Waals surface area contributed by atoms with E-state index in [1.54, 1.807) is 0 Å². The molecule has 4 atom stereocenters. The SMILES string of the molecule is CC(CCC1(C)CN(C(C)(C)C)CCN1)N1C2CCC1CNC2. The summed E-state index contributed by atoms with van der Waals surface area (Å²) in [7, 11) is 0. The van der Waals surface area contributed by atoms with Crippen LogP contribution in [0, 0.1) is 0 Å². The number of hydrogen-bond donors (Lipinski definition) is 2. The van der Waals surface area contributed by atoms with E-state index in [4.69, 9.17) is 0 Å². The molecule has 0 amide bonds. The van der Waals surface area contributed by atoms with Crippen LogP contribution in [0.3, 0.4) is 0 Å². The molecule has 3 heterocycles. The van der Waals surface area contributed by atoms with Crippen molar-refractivity contribution in [1.82, 2.24) is 20.4 Å². The summed E-state index contributed by atoms with van der Waals surface area (Å²) < 4.78 is 0. The van der Waals surface area contributed by atoms with Gasteiger partial charge in [0.1, 0.15) is 0 Å². The Morgan fingerprint density at radius 1 is 1.17 bits per heavy atom. The van der Waals surface area contributed by atoms with Crippen LogP contribution in [0.1, 0.15) is 60.3 Å². The van der Waals surface area contributed by atoms with Crippen LogP contribution in [0.15, 0.2) is 0 Å². The van der Waals surface area contributed by atoms with Crippen molar-refractivity contribution in [3.63, 3.8) is 0 Å². The molecule has 4 heteroatoms. The van der Waals surface area contributed by atoms with E-state index < -0.39 is 0 Å². The quantitative estimate of drug-likeness (QED) is 0.829. The van der Waals surface area contributed by atoms with Crippen molar-refractivity contribution in [2.45, 2.75) is 89.5 Å². The van der Waals surface area contributed by atoms with E-state index in [2.05, 4.69) is 55.1 Å². The van der Waals surface area contributed by atoms with Crippen LogP contribution < -0.4 is 10.6 Å². The number of nitrogens with zero attached hydrogens (tertiary/aromatic N) is 2. The third-order valence-electron chi connectivity index (χ3n) is 6.48. The third kappa shape index (κ3) is 3.92. The van der Waals surface area contributed by atoms with Gasteiger partial charge in [-0.1, -0.05) is 0 Å². The Hall–Kier alpha value is -0.160. The highest BCUT2D eigenvalue weighted by Gasteiger charge is 2.40. The lowest BCUT2D eigenvalue weighted by atomic mass is 9.88. The largest absolute Gasteiger partial charge is 0.314 e. The fourth-order valence-corrected chi connectivity index (χ4v) is 5.00. The summed E-state index contributed by atoms with van der Waals surface area (Å²) in [5, 5.41) is 7.43. The molecule has 0 saturated carbocycles. The molecule has 4 unspecified atom stereocenters. The van der Waals surface area contributed by atoms with Gasteiger partial charge in [0.05, 0.1) is 0 Å². The number of piperazine rings is 2. The molecule has 3 saturated heterocycles. The molecular formula is C19H38N4. The molecule has 0 aromatic heterocycles. The molecule has 0 spiro atoms. The molecule has 4 nitrogen and oxygen atoms in total. The van der Waals surface area contributed by atoms with Crippen LogP contribution in [0.25, 0.3) is 0 Å². The number of hydrogen-bond acceptors (Lipinski definition) is 4. The van der Waals surface area contributed by atoms with Gasteiger partial charge in [0.25, 0.3) is 0 Å². The Labute approximate surface area is 143 Å². The highest BCUT2D eigenvalue weighted by Crippen LogP contribution is 2.31. The van der Waals surface area contributed by atoms with Gasteiger partial charge in [-0.2, -0.15) is 0 Å². The Balaban J connectivity index is 1.54. The average molecular weight is 323 g/mol. The number of rotatable bonds is 4. The van der Waals surface area contributed by atoms with Gasteiger partial charge < -0.3 is 10.6 Å². The summed E-state index contributed by atoms with van der Waals surface area (Å²) >= 11 is 0. The minimum atomic E-state index is 0.271. The van der Waals surface area contributed by atoms with E-state index in [-0.39, 0.29) is 11.1 Å². The molecule has 0 aliphatic carbocycles. The first-order chi connectivity index (χ1) is 10.8. The smallest absolute Gasteiger partial charge is 0.0281 e. The second-order valence-electron chi connectivity index (χ2n) is 9.46. The minimum absolute atomic E-state index is 0.271. The second-order valence-corrected chi connectivity index (χ2v) is 9.46. The van der Waals surface area contributed by atoms with Crippen molar-refractivity contribution in [2.24, 2.45) is 0 Å². The standard InChI is InChI=1S/C19H38N4/c1-15(23-16-6-7-17(23)13-20-12-16)8-9-19(5)14-22(11-10-21-19)18(2,3)4/h15-17,20-21H,6-14H2,1-5H3.